The van der Waals surface area contributed by atoms with Crippen LogP contribution in [0.5, 0.6) is 0 Å². The van der Waals surface area contributed by atoms with Crippen LogP contribution in [0.3, 0.4) is 0 Å². The fraction of sp³-hybridized carbons (Fsp3) is 0.579. The lowest BCUT2D eigenvalue weighted by molar-refractivity contribution is -0.123. The molecule has 1 aromatic carbocycles. The summed E-state index contributed by atoms with van der Waals surface area (Å²) in [5.41, 5.74) is 7.65. The van der Waals surface area contributed by atoms with Gasteiger partial charge in [0.25, 0.3) is 5.91 Å². The highest BCUT2D eigenvalue weighted by atomic mass is 16.2. The molecule has 1 saturated carbocycles. The van der Waals surface area contributed by atoms with Crippen molar-refractivity contribution in [3.05, 3.63) is 35.4 Å². The smallest absolute Gasteiger partial charge is 0.251 e. The highest BCUT2D eigenvalue weighted by Crippen LogP contribution is 2.38. The van der Waals surface area contributed by atoms with E-state index in [9.17, 15) is 9.59 Å². The molecule has 0 spiro atoms. The van der Waals surface area contributed by atoms with Crippen molar-refractivity contribution < 1.29 is 9.59 Å². The van der Waals surface area contributed by atoms with Gasteiger partial charge in [0.1, 0.15) is 0 Å². The first-order valence-corrected chi connectivity index (χ1v) is 8.86. The molecule has 132 valence electrons. The summed E-state index contributed by atoms with van der Waals surface area (Å²) in [6, 6.07) is 7.43. The van der Waals surface area contributed by atoms with E-state index in [4.69, 9.17) is 5.73 Å². The van der Waals surface area contributed by atoms with E-state index in [2.05, 4.69) is 10.6 Å². The van der Waals surface area contributed by atoms with Crippen molar-refractivity contribution in [3.63, 3.8) is 0 Å². The molecule has 2 rings (SSSR count). The summed E-state index contributed by atoms with van der Waals surface area (Å²) < 4.78 is 0. The van der Waals surface area contributed by atoms with Gasteiger partial charge in [-0.2, -0.15) is 0 Å². The van der Waals surface area contributed by atoms with Crippen LogP contribution in [0.25, 0.3) is 0 Å². The second-order valence-electron chi connectivity index (χ2n) is 6.91. The van der Waals surface area contributed by atoms with Gasteiger partial charge in [-0.3, -0.25) is 9.59 Å². The van der Waals surface area contributed by atoms with Gasteiger partial charge in [-0.15, -0.1) is 0 Å². The molecule has 24 heavy (non-hydrogen) atoms. The topological polar surface area (TPSA) is 84.2 Å². The summed E-state index contributed by atoms with van der Waals surface area (Å²) in [7, 11) is 0. The van der Waals surface area contributed by atoms with E-state index in [1.54, 1.807) is 12.1 Å². The van der Waals surface area contributed by atoms with Gasteiger partial charge in [0, 0.05) is 25.1 Å². The second-order valence-corrected chi connectivity index (χ2v) is 6.91. The molecule has 0 aromatic heterocycles. The van der Waals surface area contributed by atoms with Crippen LogP contribution in [0.1, 0.15) is 54.4 Å². The number of nitrogens with two attached hydrogens (primary N) is 1. The number of rotatable bonds is 7. The van der Waals surface area contributed by atoms with Gasteiger partial charge >= 0.3 is 0 Å². The molecule has 1 aliphatic carbocycles. The standard InChI is InChI=1S/C19H29N3O2/c1-15-5-7-16(8-6-15)18(24)22-12-11-21-17(23)13-19(14-20)9-3-2-4-10-19/h5-8H,2-4,9-14,20H2,1H3,(H,21,23)(H,22,24). The molecule has 0 aliphatic heterocycles. The summed E-state index contributed by atoms with van der Waals surface area (Å²) in [4.78, 5) is 24.1. The summed E-state index contributed by atoms with van der Waals surface area (Å²) in [6.45, 7) is 3.42. The van der Waals surface area contributed by atoms with Crippen LogP contribution in [0.2, 0.25) is 0 Å². The Hall–Kier alpha value is -1.88. The molecule has 4 N–H and O–H groups in total. The Bertz CT molecular complexity index is 548. The lowest BCUT2D eigenvalue weighted by atomic mass is 9.71. The van der Waals surface area contributed by atoms with Crippen LogP contribution in [0.4, 0.5) is 0 Å². The first kappa shape index (κ1) is 18.5. The number of hydrogen-bond donors (Lipinski definition) is 3. The molecule has 0 unspecified atom stereocenters. The maximum atomic E-state index is 12.1. The molecule has 0 heterocycles. The summed E-state index contributed by atoms with van der Waals surface area (Å²) >= 11 is 0. The number of carbonyl (C=O) groups excluding carboxylic acids is 2. The fourth-order valence-electron chi connectivity index (χ4n) is 3.34. The molecular weight excluding hydrogens is 302 g/mol. The van der Waals surface area contributed by atoms with Gasteiger partial charge in [0.15, 0.2) is 0 Å². The molecule has 5 nitrogen and oxygen atoms in total. The Morgan fingerprint density at radius 1 is 1.04 bits per heavy atom. The van der Waals surface area contributed by atoms with Gasteiger partial charge in [-0.05, 0) is 43.9 Å². The van der Waals surface area contributed by atoms with Gasteiger partial charge in [-0.1, -0.05) is 37.0 Å². The van der Waals surface area contributed by atoms with Gasteiger partial charge in [-0.25, -0.2) is 0 Å². The third-order valence-electron chi connectivity index (χ3n) is 4.93. The highest BCUT2D eigenvalue weighted by Gasteiger charge is 2.32. The Morgan fingerprint density at radius 3 is 2.29 bits per heavy atom. The Balaban J connectivity index is 1.68. The fourth-order valence-corrected chi connectivity index (χ4v) is 3.34. The molecule has 0 saturated heterocycles. The molecule has 1 aromatic rings. The van der Waals surface area contributed by atoms with Crippen LogP contribution < -0.4 is 16.4 Å². The van der Waals surface area contributed by atoms with Crippen molar-refractivity contribution >= 4 is 11.8 Å². The molecule has 1 fully saturated rings. The summed E-state index contributed by atoms with van der Waals surface area (Å²) in [6.07, 6.45) is 6.15. The zero-order valence-electron chi connectivity index (χ0n) is 14.6. The van der Waals surface area contributed by atoms with E-state index < -0.39 is 0 Å². The minimum atomic E-state index is -0.116. The van der Waals surface area contributed by atoms with E-state index in [0.717, 1.165) is 31.2 Å². The average molecular weight is 331 g/mol. The predicted molar refractivity (Wildman–Crippen MR) is 95.7 cm³/mol. The number of carbonyl (C=O) groups is 2. The Labute approximate surface area is 144 Å². The Morgan fingerprint density at radius 2 is 1.67 bits per heavy atom. The van der Waals surface area contributed by atoms with Gasteiger partial charge < -0.3 is 16.4 Å². The highest BCUT2D eigenvalue weighted by molar-refractivity contribution is 5.94. The maximum absolute atomic E-state index is 12.1. The Kier molecular flexibility index (Phi) is 6.79. The number of amides is 2. The van der Waals surface area contributed by atoms with Crippen LogP contribution >= 0.6 is 0 Å². The van der Waals surface area contributed by atoms with Crippen LogP contribution in [-0.2, 0) is 4.79 Å². The van der Waals surface area contributed by atoms with Crippen molar-refractivity contribution in [1.82, 2.24) is 10.6 Å². The molecule has 0 radical (unpaired) electrons. The maximum Gasteiger partial charge on any atom is 0.251 e. The van der Waals surface area contributed by atoms with Crippen LogP contribution in [0.15, 0.2) is 24.3 Å². The monoisotopic (exact) mass is 331 g/mol. The number of benzene rings is 1. The van der Waals surface area contributed by atoms with E-state index in [0.29, 0.717) is 31.6 Å². The van der Waals surface area contributed by atoms with Crippen molar-refractivity contribution in [3.8, 4) is 0 Å². The summed E-state index contributed by atoms with van der Waals surface area (Å²) in [5, 5.41) is 5.72. The zero-order valence-corrected chi connectivity index (χ0v) is 14.6. The third kappa shape index (κ3) is 5.34. The van der Waals surface area contributed by atoms with E-state index >= 15 is 0 Å². The van der Waals surface area contributed by atoms with E-state index in [1.165, 1.54) is 6.42 Å². The lowest BCUT2D eigenvalue weighted by Gasteiger charge is -2.35. The molecular formula is C19H29N3O2. The van der Waals surface area contributed by atoms with Crippen molar-refractivity contribution in [2.24, 2.45) is 11.1 Å². The first-order chi connectivity index (χ1) is 11.5. The van der Waals surface area contributed by atoms with E-state index in [1.807, 2.05) is 19.1 Å². The number of nitrogens with one attached hydrogen (secondary N) is 2. The largest absolute Gasteiger partial charge is 0.354 e. The second kappa shape index (κ2) is 8.83. The van der Waals surface area contributed by atoms with Crippen molar-refractivity contribution in [2.45, 2.75) is 45.4 Å². The third-order valence-corrected chi connectivity index (χ3v) is 4.93. The SMILES string of the molecule is Cc1ccc(C(=O)NCCNC(=O)CC2(CN)CCCCC2)cc1. The van der Waals surface area contributed by atoms with Crippen LogP contribution in [-0.4, -0.2) is 31.4 Å². The molecule has 1 aliphatic rings. The van der Waals surface area contributed by atoms with Gasteiger partial charge in [0.2, 0.25) is 5.91 Å². The lowest BCUT2D eigenvalue weighted by Crippen LogP contribution is -2.40. The predicted octanol–water partition coefficient (Wildman–Crippen LogP) is 2.14. The molecule has 0 bridgehead atoms. The normalized spacial score (nSPS) is 16.4. The quantitative estimate of drug-likeness (QED) is 0.669. The van der Waals surface area contributed by atoms with E-state index in [-0.39, 0.29) is 17.2 Å². The number of hydrogen-bond acceptors (Lipinski definition) is 3. The van der Waals surface area contributed by atoms with Crippen LogP contribution in [0, 0.1) is 12.3 Å². The summed E-state index contributed by atoms with van der Waals surface area (Å²) in [5.74, 6) is -0.0816. The average Bonchev–Trinajstić information content (AvgIpc) is 2.60. The van der Waals surface area contributed by atoms with Crippen molar-refractivity contribution in [1.29, 1.82) is 0 Å². The number of aryl methyl sites for hydroxylation is 1. The minimum Gasteiger partial charge on any atom is -0.354 e. The zero-order chi connectivity index (χ0) is 17.4. The minimum absolute atomic E-state index is 0.0204. The molecule has 0 atom stereocenters. The molecule has 5 heteroatoms. The van der Waals surface area contributed by atoms with Gasteiger partial charge in [0.05, 0.1) is 0 Å². The van der Waals surface area contributed by atoms with Crippen molar-refractivity contribution in [2.75, 3.05) is 19.6 Å². The molecule has 2 amide bonds. The first-order valence-electron chi connectivity index (χ1n) is 8.86.